The highest BCUT2D eigenvalue weighted by atomic mass is 16.5. The van der Waals surface area contributed by atoms with Gasteiger partial charge in [0, 0.05) is 47.0 Å². The molecule has 0 spiro atoms. The molecule has 2 aliphatic carbocycles. The Morgan fingerprint density at radius 3 is 2.20 bits per heavy atom. The summed E-state index contributed by atoms with van der Waals surface area (Å²) >= 11 is 0. The van der Waals surface area contributed by atoms with E-state index in [1.54, 1.807) is 37.4 Å². The maximum atomic E-state index is 13.0. The fourth-order valence-corrected chi connectivity index (χ4v) is 5.12. The van der Waals surface area contributed by atoms with Crippen LogP contribution in [0.5, 0.6) is 11.5 Å². The number of ketones is 2. The molecule has 0 bridgehead atoms. The van der Waals surface area contributed by atoms with Crippen LogP contribution in [0, 0.1) is 0 Å². The van der Waals surface area contributed by atoms with Crippen molar-refractivity contribution in [3.05, 3.63) is 76.6 Å². The zero-order valence-electron chi connectivity index (χ0n) is 19.7. The molecule has 0 unspecified atom stereocenters. The monoisotopic (exact) mass is 472 g/mol. The fraction of sp³-hybridized carbons (Fsp3) is 0.321. The summed E-state index contributed by atoms with van der Waals surface area (Å²) in [6.07, 6.45) is 4.25. The number of hydrogen-bond acceptors (Lipinski definition) is 6. The molecular formula is C28H28N2O5. The van der Waals surface area contributed by atoms with Gasteiger partial charge in [0.05, 0.1) is 7.11 Å². The Bertz CT molecular complexity index is 1200. The molecule has 0 aromatic heterocycles. The minimum atomic E-state index is -0.390. The van der Waals surface area contributed by atoms with Gasteiger partial charge in [0.1, 0.15) is 11.5 Å². The molecule has 7 heteroatoms. The van der Waals surface area contributed by atoms with Crippen molar-refractivity contribution in [2.75, 3.05) is 19.0 Å². The highest BCUT2D eigenvalue weighted by molar-refractivity contribution is 6.06. The number of ether oxygens (including phenoxy) is 2. The van der Waals surface area contributed by atoms with Crippen LogP contribution in [0.4, 0.5) is 5.69 Å². The fourth-order valence-electron chi connectivity index (χ4n) is 5.12. The molecule has 0 radical (unpaired) electrons. The smallest absolute Gasteiger partial charge is 0.262 e. The van der Waals surface area contributed by atoms with E-state index in [-0.39, 0.29) is 24.1 Å². The van der Waals surface area contributed by atoms with Crippen molar-refractivity contribution in [3.63, 3.8) is 0 Å². The van der Waals surface area contributed by atoms with E-state index in [2.05, 4.69) is 10.6 Å². The quantitative estimate of drug-likeness (QED) is 0.647. The molecule has 180 valence electrons. The summed E-state index contributed by atoms with van der Waals surface area (Å²) in [5.74, 6) is 0.735. The summed E-state index contributed by atoms with van der Waals surface area (Å²) in [7, 11) is 1.59. The Morgan fingerprint density at radius 2 is 1.57 bits per heavy atom. The van der Waals surface area contributed by atoms with E-state index in [1.165, 1.54) is 0 Å². The first-order valence-electron chi connectivity index (χ1n) is 12.0. The van der Waals surface area contributed by atoms with E-state index in [9.17, 15) is 14.4 Å². The van der Waals surface area contributed by atoms with Crippen molar-refractivity contribution in [2.45, 2.75) is 44.4 Å². The second kappa shape index (κ2) is 9.78. The first-order chi connectivity index (χ1) is 17.0. The molecule has 5 rings (SSSR count). The molecule has 2 aromatic carbocycles. The standard InChI is InChI=1S/C28H28N2O5/c1-34-19-13-11-18(12-14-19)29-25(33)16-35-20-6-2-5-17(15-20)26-27-21(7-3-9-23(27)31)30-22-8-4-10-24(32)28(22)26/h2,5-6,11-15,26,30H,3-4,7-10,16H2,1H3,(H,29,33). The lowest BCUT2D eigenvalue weighted by Crippen LogP contribution is -2.36. The normalized spacial score (nSPS) is 18.0. The molecular weight excluding hydrogens is 444 g/mol. The lowest BCUT2D eigenvalue weighted by Gasteiger charge is -2.37. The topological polar surface area (TPSA) is 93.7 Å². The van der Waals surface area contributed by atoms with Gasteiger partial charge in [0.25, 0.3) is 5.91 Å². The molecule has 1 amide bonds. The minimum absolute atomic E-state index is 0.0962. The summed E-state index contributed by atoms with van der Waals surface area (Å²) in [4.78, 5) is 38.4. The Balaban J connectivity index is 1.36. The van der Waals surface area contributed by atoms with Gasteiger partial charge in [0.15, 0.2) is 18.2 Å². The van der Waals surface area contributed by atoms with Crippen molar-refractivity contribution < 1.29 is 23.9 Å². The van der Waals surface area contributed by atoms with Gasteiger partial charge in [0.2, 0.25) is 0 Å². The maximum absolute atomic E-state index is 13.0. The second-order valence-electron chi connectivity index (χ2n) is 9.03. The van der Waals surface area contributed by atoms with Gasteiger partial charge >= 0.3 is 0 Å². The SMILES string of the molecule is COc1ccc(NC(=O)COc2cccc(C3C4=C(CCCC4=O)NC4=C3C(=O)CCC4)c2)cc1. The second-order valence-corrected chi connectivity index (χ2v) is 9.03. The highest BCUT2D eigenvalue weighted by Gasteiger charge is 2.40. The van der Waals surface area contributed by atoms with Gasteiger partial charge in [-0.2, -0.15) is 0 Å². The summed E-state index contributed by atoms with van der Waals surface area (Å²) < 4.78 is 10.9. The molecule has 3 aliphatic rings. The van der Waals surface area contributed by atoms with Gasteiger partial charge in [-0.3, -0.25) is 14.4 Å². The van der Waals surface area contributed by atoms with E-state index in [1.807, 2.05) is 18.2 Å². The van der Waals surface area contributed by atoms with Gasteiger partial charge < -0.3 is 20.1 Å². The number of methoxy groups -OCH3 is 1. The number of benzene rings is 2. The van der Waals surface area contributed by atoms with Crippen LogP contribution < -0.4 is 20.1 Å². The van der Waals surface area contributed by atoms with Crippen LogP contribution in [-0.2, 0) is 14.4 Å². The highest BCUT2D eigenvalue weighted by Crippen LogP contribution is 2.45. The van der Waals surface area contributed by atoms with Crippen LogP contribution >= 0.6 is 0 Å². The van der Waals surface area contributed by atoms with E-state index in [0.29, 0.717) is 41.2 Å². The summed E-state index contributed by atoms with van der Waals surface area (Å²) in [5, 5.41) is 6.22. The lowest BCUT2D eigenvalue weighted by molar-refractivity contribution is -0.118. The van der Waals surface area contributed by atoms with Crippen LogP contribution in [0.3, 0.4) is 0 Å². The van der Waals surface area contributed by atoms with Crippen molar-refractivity contribution in [1.82, 2.24) is 5.32 Å². The van der Waals surface area contributed by atoms with Crippen LogP contribution in [0.15, 0.2) is 71.1 Å². The van der Waals surface area contributed by atoms with Gasteiger partial charge in [-0.25, -0.2) is 0 Å². The molecule has 0 atom stereocenters. The molecule has 35 heavy (non-hydrogen) atoms. The minimum Gasteiger partial charge on any atom is -0.497 e. The van der Waals surface area contributed by atoms with Crippen LogP contribution in [0.1, 0.15) is 50.0 Å². The molecule has 0 saturated carbocycles. The Hall–Kier alpha value is -3.87. The number of dihydropyridines is 1. The van der Waals surface area contributed by atoms with E-state index >= 15 is 0 Å². The van der Waals surface area contributed by atoms with Crippen molar-refractivity contribution >= 4 is 23.2 Å². The van der Waals surface area contributed by atoms with Gasteiger partial charge in [-0.1, -0.05) is 12.1 Å². The summed E-state index contributed by atoms with van der Waals surface area (Å²) in [5.41, 5.74) is 4.80. The number of nitrogens with one attached hydrogen (secondary N) is 2. The Labute approximate surface area is 204 Å². The number of amides is 1. The third kappa shape index (κ3) is 4.71. The van der Waals surface area contributed by atoms with Crippen molar-refractivity contribution in [3.8, 4) is 11.5 Å². The first-order valence-corrected chi connectivity index (χ1v) is 12.0. The molecule has 1 aliphatic heterocycles. The first kappa shape index (κ1) is 22.9. The third-order valence-electron chi connectivity index (χ3n) is 6.73. The third-order valence-corrected chi connectivity index (χ3v) is 6.73. The predicted octanol–water partition coefficient (Wildman–Crippen LogP) is 4.41. The number of hydrogen-bond donors (Lipinski definition) is 2. The summed E-state index contributed by atoms with van der Waals surface area (Å²) in [6.45, 7) is -0.165. The van der Waals surface area contributed by atoms with Crippen molar-refractivity contribution in [2.24, 2.45) is 0 Å². The molecule has 2 aromatic rings. The lowest BCUT2D eigenvalue weighted by atomic mass is 9.71. The van der Waals surface area contributed by atoms with Crippen LogP contribution in [-0.4, -0.2) is 31.2 Å². The van der Waals surface area contributed by atoms with Gasteiger partial charge in [-0.15, -0.1) is 0 Å². The van der Waals surface area contributed by atoms with E-state index in [4.69, 9.17) is 9.47 Å². The number of rotatable bonds is 6. The number of allylic oxidation sites excluding steroid dienone is 4. The molecule has 0 fully saturated rings. The molecule has 7 nitrogen and oxygen atoms in total. The number of carbonyl (C=O) groups is 3. The number of anilines is 1. The average molecular weight is 473 g/mol. The predicted molar refractivity (Wildman–Crippen MR) is 131 cm³/mol. The largest absolute Gasteiger partial charge is 0.497 e. The summed E-state index contributed by atoms with van der Waals surface area (Å²) in [6, 6.07) is 14.4. The van der Waals surface area contributed by atoms with Gasteiger partial charge in [-0.05, 0) is 67.6 Å². The molecule has 1 heterocycles. The zero-order chi connectivity index (χ0) is 24.4. The Morgan fingerprint density at radius 1 is 0.914 bits per heavy atom. The number of carbonyl (C=O) groups excluding carboxylic acids is 3. The maximum Gasteiger partial charge on any atom is 0.262 e. The number of Topliss-reactive ketones (excluding diaryl/α,β-unsaturated/α-hetero) is 2. The molecule has 0 saturated heterocycles. The van der Waals surface area contributed by atoms with Crippen molar-refractivity contribution in [1.29, 1.82) is 0 Å². The Kier molecular flexibility index (Phi) is 6.40. The van der Waals surface area contributed by atoms with E-state index < -0.39 is 5.92 Å². The van der Waals surface area contributed by atoms with Crippen LogP contribution in [0.2, 0.25) is 0 Å². The average Bonchev–Trinajstić information content (AvgIpc) is 2.87. The van der Waals surface area contributed by atoms with Crippen LogP contribution in [0.25, 0.3) is 0 Å². The van der Waals surface area contributed by atoms with E-state index in [0.717, 1.165) is 42.6 Å². The molecule has 2 N–H and O–H groups in total. The zero-order valence-corrected chi connectivity index (χ0v) is 19.7.